The molecule has 40 nitrogen and oxygen atoms in total. The lowest BCUT2D eigenvalue weighted by molar-refractivity contribution is -0.202. The van der Waals surface area contributed by atoms with Crippen LogP contribution in [0, 0.1) is 17.8 Å². The van der Waals surface area contributed by atoms with Crippen LogP contribution < -0.4 is 50.9 Å². The zero-order valence-electron chi connectivity index (χ0n) is 57.3. The summed E-state index contributed by atoms with van der Waals surface area (Å²) in [4.78, 5) is 110. The molecule has 103 heavy (non-hydrogen) atoms. The molecular weight excluding hydrogens is 1360 g/mol. The van der Waals surface area contributed by atoms with E-state index in [1.54, 1.807) is 61.4 Å². The number of anilines is 4. The van der Waals surface area contributed by atoms with Gasteiger partial charge in [0.05, 0.1) is 40.7 Å². The SMILES string of the molecule is CC(=O)C[C@H](C(=O)OC[C@H]1O[C@@H](n2ccc3c(=O)[nH]c(N)nc32)C2OC(C)(C)O[C@@H]21)C(C)C.CC(C)[C@H](N)C(=O)OC[C@H]1O[C@@H](n2ccc3c(=O)[nH]c(N)nc32)C(O)[C@@H]1O.CC1(C)OC2[C@H](n3ccc4c(=O)[nH]c(N)nc43)O[C@H](CO)[C@H]2O1.Nc1nc2c(ccn2[C@@H]2O[C@H](CO)[C@@H](O)[C@H]2O)c(=O)[nH]1. The Balaban J connectivity index is 0.000000140. The van der Waals surface area contributed by atoms with Crippen LogP contribution in [0.5, 0.6) is 0 Å². The van der Waals surface area contributed by atoms with Crippen molar-refractivity contribution in [3.05, 3.63) is 90.5 Å². The summed E-state index contributed by atoms with van der Waals surface area (Å²) in [5.74, 6) is -3.59. The highest BCUT2D eigenvalue weighted by Crippen LogP contribution is 2.46. The molecule has 20 N–H and O–H groups in total. The molecule has 0 aliphatic carbocycles. The van der Waals surface area contributed by atoms with Crippen molar-refractivity contribution < 1.29 is 92.4 Å². The highest BCUT2D eigenvalue weighted by molar-refractivity contribution is 5.83. The summed E-state index contributed by atoms with van der Waals surface area (Å²) in [6.07, 6.45) is -6.67. The number of aliphatic hydroxyl groups excluding tert-OH is 6. The van der Waals surface area contributed by atoms with Gasteiger partial charge in [0, 0.05) is 31.2 Å². The highest BCUT2D eigenvalue weighted by Gasteiger charge is 2.58. The summed E-state index contributed by atoms with van der Waals surface area (Å²) in [6, 6.07) is 5.48. The van der Waals surface area contributed by atoms with Crippen LogP contribution in [0.2, 0.25) is 0 Å². The summed E-state index contributed by atoms with van der Waals surface area (Å²) < 4.78 is 63.9. The quantitative estimate of drug-likeness (QED) is 0.0449. The zero-order valence-corrected chi connectivity index (χ0v) is 57.3. The number of H-pyrrole nitrogens is 4. The molecular formula is C63H85N17O23. The molecule has 6 saturated heterocycles. The van der Waals surface area contributed by atoms with Crippen molar-refractivity contribution >= 4 is 85.6 Å². The fourth-order valence-corrected chi connectivity index (χ4v) is 13.0. The summed E-state index contributed by atoms with van der Waals surface area (Å²) in [6.45, 7) is 15.0. The summed E-state index contributed by atoms with van der Waals surface area (Å²) in [5, 5.41) is 60.3. The number of hydrogen-bond acceptors (Lipinski definition) is 32. The predicted molar refractivity (Wildman–Crippen MR) is 359 cm³/mol. The maximum absolute atomic E-state index is 12.7. The molecule has 3 unspecified atom stereocenters. The Hall–Kier alpha value is -9.11. The molecule has 40 heteroatoms. The van der Waals surface area contributed by atoms with E-state index in [2.05, 4.69) is 39.9 Å². The highest BCUT2D eigenvalue weighted by atomic mass is 16.8. The number of aromatic amines is 4. The second kappa shape index (κ2) is 29.6. The first-order valence-electron chi connectivity index (χ1n) is 32.9. The summed E-state index contributed by atoms with van der Waals surface area (Å²) in [5.41, 5.74) is 27.8. The lowest BCUT2D eigenvalue weighted by atomic mass is 9.91. The number of ketones is 1. The molecule has 6 aliphatic heterocycles. The largest absolute Gasteiger partial charge is 0.463 e. The maximum atomic E-state index is 12.7. The Morgan fingerprint density at radius 1 is 0.485 bits per heavy atom. The standard InChI is InChI=1S/C22H30N4O7.C16H23N5O6.C14H18N4O5.C11H14N4O5/c1-10(2)13(8-11(3)27)20(29)30-9-14-15-16(33-22(4,5)32-15)19(31-14)26-7-6-12-17(26)24-21(23)25-18(12)28;1-6(2)9(17)15(25)26-5-8-10(22)11(23)14(27-8)21-4-3-7-12(21)19-16(18)20-13(7)24;1-14(2)22-8-7(5-19)21-12(9(8)23-14)18-4-3-6-10(18)16-13(15)17-11(6)20;12-11-13-8-4(9(19)14-11)1-2-15(8)10-7(18)6(17)5(3-16)20-10/h6-7,10,13-16,19H,8-9H2,1-5H3,(H3,23,24,25,28);3-4,6,8-11,14,22-23H,5,17H2,1-2H3,(H3,18,19,20,24);3-4,7-9,12,19H,5H2,1-2H3,(H3,15,16,17,20);1-2,5-7,10,16-18H,3H2,(H3,12,13,14,19)/t13-,14+,15+,16?,19+;8-,9+,10-,11?,14-;7-,8-,9?,12-;5-,6-,7-,10-/m0111/s1. The average Bonchev–Trinajstić information content (AvgIpc) is 1.60. The number of nitrogens with zero attached hydrogens (tertiary/aromatic N) is 8. The van der Waals surface area contributed by atoms with Gasteiger partial charge in [-0.25, -0.2) is 0 Å². The summed E-state index contributed by atoms with van der Waals surface area (Å²) in [7, 11) is 0. The van der Waals surface area contributed by atoms with Gasteiger partial charge in [-0.3, -0.25) is 48.7 Å². The van der Waals surface area contributed by atoms with Gasteiger partial charge in [-0.2, -0.15) is 19.9 Å². The molecule has 14 rings (SSSR count). The van der Waals surface area contributed by atoms with Crippen LogP contribution in [0.3, 0.4) is 0 Å². The number of aromatic nitrogens is 12. The molecule has 8 aromatic rings. The van der Waals surface area contributed by atoms with Gasteiger partial charge >= 0.3 is 11.9 Å². The fraction of sp³-hybridized carbons (Fsp3) is 0.571. The number of esters is 2. The van der Waals surface area contributed by atoms with Crippen molar-refractivity contribution in [2.45, 2.75) is 185 Å². The van der Waals surface area contributed by atoms with Gasteiger partial charge in [0.25, 0.3) is 22.2 Å². The van der Waals surface area contributed by atoms with E-state index in [0.717, 1.165) is 0 Å². The average molecular weight is 1450 g/mol. The van der Waals surface area contributed by atoms with E-state index >= 15 is 0 Å². The third kappa shape index (κ3) is 15.2. The van der Waals surface area contributed by atoms with Crippen molar-refractivity contribution in [3.8, 4) is 0 Å². The number of ether oxygens (including phenoxy) is 10. The molecule has 560 valence electrons. The Morgan fingerprint density at radius 2 is 0.806 bits per heavy atom. The van der Waals surface area contributed by atoms with Crippen LogP contribution >= 0.6 is 0 Å². The minimum absolute atomic E-state index is 0.0124. The van der Waals surface area contributed by atoms with E-state index in [1.165, 1.54) is 40.6 Å². The fourth-order valence-electron chi connectivity index (χ4n) is 13.0. The van der Waals surface area contributed by atoms with Crippen molar-refractivity contribution in [3.63, 3.8) is 0 Å². The monoisotopic (exact) mass is 1450 g/mol. The Bertz CT molecular complexity index is 4670. The van der Waals surface area contributed by atoms with Gasteiger partial charge in [0.1, 0.15) is 98.3 Å². The Kier molecular flexibility index (Phi) is 21.5. The maximum Gasteiger partial charge on any atom is 0.323 e. The molecule has 8 aromatic heterocycles. The van der Waals surface area contributed by atoms with E-state index in [1.807, 2.05) is 27.7 Å². The van der Waals surface area contributed by atoms with Crippen molar-refractivity contribution in [2.75, 3.05) is 49.4 Å². The topological polar surface area (TPSA) is 598 Å². The van der Waals surface area contributed by atoms with Crippen molar-refractivity contribution in [1.82, 2.24) is 58.1 Å². The number of rotatable bonds is 16. The minimum Gasteiger partial charge on any atom is -0.463 e. The number of fused-ring (bicyclic) bond motifs is 6. The number of carbonyl (C=O) groups is 3. The first kappa shape index (κ1) is 75.1. The Labute approximate surface area is 582 Å². The van der Waals surface area contributed by atoms with Gasteiger partial charge in [-0.05, 0) is 70.7 Å². The molecule has 18 atom stereocenters. The van der Waals surface area contributed by atoms with Crippen LogP contribution in [0.25, 0.3) is 44.1 Å². The molecule has 6 fully saturated rings. The van der Waals surface area contributed by atoms with Gasteiger partial charge in [-0.1, -0.05) is 27.7 Å². The van der Waals surface area contributed by atoms with E-state index in [0.29, 0.717) is 22.1 Å². The smallest absolute Gasteiger partial charge is 0.323 e. The number of hydrogen-bond donors (Lipinski definition) is 15. The van der Waals surface area contributed by atoms with E-state index in [4.69, 9.17) is 81.1 Å². The second-order valence-corrected chi connectivity index (χ2v) is 27.1. The molecule has 0 spiro atoms. The minimum atomic E-state index is -1.33. The lowest BCUT2D eigenvalue weighted by Gasteiger charge is -2.25. The first-order chi connectivity index (χ1) is 48.6. The number of nitrogens with one attached hydrogen (secondary N) is 4. The number of nitrogen functional groups attached to an aromatic ring is 4. The second-order valence-electron chi connectivity index (χ2n) is 27.1. The molecule has 0 bridgehead atoms. The van der Waals surface area contributed by atoms with Crippen LogP contribution in [0.1, 0.15) is 93.6 Å². The lowest BCUT2D eigenvalue weighted by Crippen LogP contribution is -2.40. The van der Waals surface area contributed by atoms with Crippen molar-refractivity contribution in [2.24, 2.45) is 23.5 Å². The third-order valence-electron chi connectivity index (χ3n) is 18.2. The number of nitrogens with two attached hydrogens (primary N) is 5. The van der Waals surface area contributed by atoms with Crippen molar-refractivity contribution in [1.29, 1.82) is 0 Å². The predicted octanol–water partition coefficient (Wildman–Crippen LogP) is -2.39. The van der Waals surface area contributed by atoms with E-state index in [9.17, 15) is 59.1 Å². The van der Waals surface area contributed by atoms with Gasteiger partial charge in [-0.15, -0.1) is 0 Å². The molecule has 0 radical (unpaired) electrons. The molecule has 0 saturated carbocycles. The van der Waals surface area contributed by atoms with Crippen LogP contribution in [-0.4, -0.2) is 224 Å². The van der Waals surface area contributed by atoms with Crippen LogP contribution in [-0.2, 0) is 61.8 Å². The first-order valence-corrected chi connectivity index (χ1v) is 32.9. The molecule has 14 heterocycles. The number of aliphatic hydroxyl groups is 6. The van der Waals surface area contributed by atoms with E-state index in [-0.39, 0.29) is 101 Å². The van der Waals surface area contributed by atoms with Crippen LogP contribution in [0.15, 0.2) is 68.2 Å². The molecule has 0 amide bonds. The van der Waals surface area contributed by atoms with Gasteiger partial charge in [0.15, 0.2) is 59.1 Å². The Morgan fingerprint density at radius 3 is 1.17 bits per heavy atom. The van der Waals surface area contributed by atoms with E-state index < -0.39 is 151 Å². The third-order valence-corrected chi connectivity index (χ3v) is 18.2. The molecule has 6 aliphatic rings. The molecule has 0 aromatic carbocycles. The van der Waals surface area contributed by atoms with Gasteiger partial charge < -0.3 is 130 Å². The zero-order chi connectivity index (χ0) is 74.7. The number of carbonyl (C=O) groups excluding carboxylic acids is 3. The summed E-state index contributed by atoms with van der Waals surface area (Å²) >= 11 is 0. The van der Waals surface area contributed by atoms with Crippen LogP contribution in [0.4, 0.5) is 23.8 Å². The van der Waals surface area contributed by atoms with Gasteiger partial charge in [0.2, 0.25) is 23.8 Å². The number of Topliss-reactive ketones (excluding diaryl/α,β-unsaturated/α-hetero) is 1. The normalized spacial score (nSPS) is 28.8.